The van der Waals surface area contributed by atoms with Gasteiger partial charge in [0.25, 0.3) is 5.91 Å². The summed E-state index contributed by atoms with van der Waals surface area (Å²) in [4.78, 5) is 14.6. The number of carbonyl (C=O) groups excluding carboxylic acids is 1. The second kappa shape index (κ2) is 4.79. The maximum absolute atomic E-state index is 11.8. The highest BCUT2D eigenvalue weighted by molar-refractivity contribution is 5.93. The molecular formula is C12H19N3O2. The molecule has 1 aliphatic rings. The molecule has 5 nitrogen and oxygen atoms in total. The van der Waals surface area contributed by atoms with E-state index in [1.54, 1.807) is 12.3 Å². The third kappa shape index (κ3) is 2.61. The fraction of sp³-hybridized carbons (Fsp3) is 0.583. The molecule has 1 aromatic rings. The van der Waals surface area contributed by atoms with Crippen LogP contribution in [0.1, 0.15) is 36.2 Å². The lowest BCUT2D eigenvalue weighted by molar-refractivity contribution is 0.0876. The van der Waals surface area contributed by atoms with Gasteiger partial charge in [0.15, 0.2) is 0 Å². The Labute approximate surface area is 100 Å². The van der Waals surface area contributed by atoms with Crippen molar-refractivity contribution in [1.29, 1.82) is 0 Å². The number of hydrogen-bond acceptors (Lipinski definition) is 3. The zero-order valence-electron chi connectivity index (χ0n) is 9.83. The van der Waals surface area contributed by atoms with E-state index in [1.165, 1.54) is 0 Å². The normalized spacial score (nSPS) is 18.2. The van der Waals surface area contributed by atoms with E-state index in [4.69, 9.17) is 5.73 Å². The number of nitrogen functional groups attached to an aromatic ring is 1. The largest absolute Gasteiger partial charge is 0.397 e. The number of aromatic amines is 1. The van der Waals surface area contributed by atoms with E-state index in [0.29, 0.717) is 17.9 Å². The van der Waals surface area contributed by atoms with Crippen molar-refractivity contribution in [2.24, 2.45) is 5.41 Å². The molecule has 1 aromatic heterocycles. The zero-order valence-corrected chi connectivity index (χ0v) is 9.83. The Kier molecular flexibility index (Phi) is 3.38. The molecule has 5 heteroatoms. The minimum atomic E-state index is -0.165. The van der Waals surface area contributed by atoms with E-state index in [0.717, 1.165) is 25.7 Å². The monoisotopic (exact) mass is 237 g/mol. The number of rotatable bonds is 4. The Morgan fingerprint density at radius 1 is 1.53 bits per heavy atom. The molecule has 1 amide bonds. The quantitative estimate of drug-likeness (QED) is 0.626. The van der Waals surface area contributed by atoms with E-state index in [1.807, 2.05) is 0 Å². The third-order valence-electron chi connectivity index (χ3n) is 3.57. The summed E-state index contributed by atoms with van der Waals surface area (Å²) >= 11 is 0. The number of aliphatic hydroxyl groups excluding tert-OH is 1. The first-order valence-corrected chi connectivity index (χ1v) is 5.98. The van der Waals surface area contributed by atoms with Gasteiger partial charge in [0.1, 0.15) is 5.69 Å². The predicted octanol–water partition coefficient (Wildman–Crippen LogP) is 0.879. The van der Waals surface area contributed by atoms with Gasteiger partial charge in [0.05, 0.1) is 6.61 Å². The topological polar surface area (TPSA) is 91.1 Å². The van der Waals surface area contributed by atoms with Gasteiger partial charge >= 0.3 is 0 Å². The Hall–Kier alpha value is -1.49. The number of carbonyl (C=O) groups is 1. The van der Waals surface area contributed by atoms with Crippen LogP contribution in [0.15, 0.2) is 12.3 Å². The molecule has 2 rings (SSSR count). The third-order valence-corrected chi connectivity index (χ3v) is 3.57. The average Bonchev–Trinajstić information content (AvgIpc) is 2.95. The molecule has 0 aromatic carbocycles. The lowest BCUT2D eigenvalue weighted by Crippen LogP contribution is -2.38. The number of aliphatic hydroxyl groups is 1. The van der Waals surface area contributed by atoms with E-state index < -0.39 is 0 Å². The van der Waals surface area contributed by atoms with Crippen molar-refractivity contribution in [1.82, 2.24) is 10.3 Å². The van der Waals surface area contributed by atoms with Crippen LogP contribution in [0.3, 0.4) is 0 Å². The van der Waals surface area contributed by atoms with Crippen molar-refractivity contribution >= 4 is 11.6 Å². The summed E-state index contributed by atoms with van der Waals surface area (Å²) < 4.78 is 0. The van der Waals surface area contributed by atoms with Crippen molar-refractivity contribution in [3.63, 3.8) is 0 Å². The van der Waals surface area contributed by atoms with Gasteiger partial charge in [-0.1, -0.05) is 12.8 Å². The van der Waals surface area contributed by atoms with Crippen molar-refractivity contribution in [2.45, 2.75) is 25.7 Å². The minimum Gasteiger partial charge on any atom is -0.397 e. The van der Waals surface area contributed by atoms with E-state index in [2.05, 4.69) is 10.3 Å². The van der Waals surface area contributed by atoms with Crippen LogP contribution in [0, 0.1) is 5.41 Å². The summed E-state index contributed by atoms with van der Waals surface area (Å²) in [6.45, 7) is 0.668. The van der Waals surface area contributed by atoms with Crippen LogP contribution in [-0.2, 0) is 0 Å². The van der Waals surface area contributed by atoms with E-state index in [-0.39, 0.29) is 17.9 Å². The summed E-state index contributed by atoms with van der Waals surface area (Å²) in [5, 5.41) is 12.3. The number of anilines is 1. The summed E-state index contributed by atoms with van der Waals surface area (Å²) in [5.41, 5.74) is 6.43. The molecule has 1 heterocycles. The first-order chi connectivity index (χ1) is 8.15. The van der Waals surface area contributed by atoms with Gasteiger partial charge in [-0.25, -0.2) is 0 Å². The Morgan fingerprint density at radius 2 is 2.24 bits per heavy atom. The van der Waals surface area contributed by atoms with Gasteiger partial charge in [-0.3, -0.25) is 4.79 Å². The summed E-state index contributed by atoms with van der Waals surface area (Å²) in [5.74, 6) is -0.165. The molecule has 0 aliphatic heterocycles. The number of amides is 1. The van der Waals surface area contributed by atoms with Gasteiger partial charge in [0, 0.05) is 23.8 Å². The molecule has 1 fully saturated rings. The van der Waals surface area contributed by atoms with Crippen molar-refractivity contribution < 1.29 is 9.90 Å². The zero-order chi connectivity index (χ0) is 12.3. The molecule has 17 heavy (non-hydrogen) atoms. The second-order valence-electron chi connectivity index (χ2n) is 4.89. The van der Waals surface area contributed by atoms with Crippen LogP contribution in [0.4, 0.5) is 5.69 Å². The fourth-order valence-electron chi connectivity index (χ4n) is 2.42. The summed E-state index contributed by atoms with van der Waals surface area (Å²) in [7, 11) is 0. The van der Waals surface area contributed by atoms with Gasteiger partial charge in [-0.15, -0.1) is 0 Å². The number of hydrogen-bond donors (Lipinski definition) is 4. The van der Waals surface area contributed by atoms with Crippen LogP contribution in [0.5, 0.6) is 0 Å². The minimum absolute atomic E-state index is 0.117. The molecule has 0 saturated heterocycles. The summed E-state index contributed by atoms with van der Waals surface area (Å²) in [6.07, 6.45) is 5.82. The van der Waals surface area contributed by atoms with E-state index in [9.17, 15) is 9.90 Å². The maximum Gasteiger partial charge on any atom is 0.267 e. The SMILES string of the molecule is Nc1c[nH]c(C(=O)NCC2(CO)CCCC2)c1. The van der Waals surface area contributed by atoms with Gasteiger partial charge < -0.3 is 21.1 Å². The van der Waals surface area contributed by atoms with Crippen LogP contribution in [0.25, 0.3) is 0 Å². The molecule has 5 N–H and O–H groups in total. The summed E-state index contributed by atoms with van der Waals surface area (Å²) in [6, 6.07) is 1.61. The molecular weight excluding hydrogens is 218 g/mol. The smallest absolute Gasteiger partial charge is 0.267 e. The van der Waals surface area contributed by atoms with Crippen molar-refractivity contribution in [3.05, 3.63) is 18.0 Å². The van der Waals surface area contributed by atoms with Gasteiger partial charge in [-0.2, -0.15) is 0 Å². The molecule has 0 spiro atoms. The average molecular weight is 237 g/mol. The predicted molar refractivity (Wildman–Crippen MR) is 65.5 cm³/mol. The van der Waals surface area contributed by atoms with Crippen molar-refractivity contribution in [3.8, 4) is 0 Å². The Morgan fingerprint density at radius 3 is 2.76 bits per heavy atom. The lowest BCUT2D eigenvalue weighted by atomic mass is 9.87. The molecule has 0 unspecified atom stereocenters. The molecule has 0 atom stereocenters. The van der Waals surface area contributed by atoms with Crippen LogP contribution < -0.4 is 11.1 Å². The highest BCUT2D eigenvalue weighted by Gasteiger charge is 2.33. The number of H-pyrrole nitrogens is 1. The van der Waals surface area contributed by atoms with Crippen LogP contribution >= 0.6 is 0 Å². The highest BCUT2D eigenvalue weighted by Crippen LogP contribution is 2.36. The Balaban J connectivity index is 1.91. The van der Waals surface area contributed by atoms with E-state index >= 15 is 0 Å². The van der Waals surface area contributed by atoms with Crippen LogP contribution in [0.2, 0.25) is 0 Å². The highest BCUT2D eigenvalue weighted by atomic mass is 16.3. The Bertz CT molecular complexity index is 394. The number of nitrogens with two attached hydrogens (primary N) is 1. The molecule has 94 valence electrons. The second-order valence-corrected chi connectivity index (χ2v) is 4.89. The van der Waals surface area contributed by atoms with Gasteiger partial charge in [0.2, 0.25) is 0 Å². The number of aromatic nitrogens is 1. The lowest BCUT2D eigenvalue weighted by Gasteiger charge is -2.26. The molecule has 0 bridgehead atoms. The number of nitrogens with one attached hydrogen (secondary N) is 2. The molecule has 0 radical (unpaired) electrons. The van der Waals surface area contributed by atoms with Gasteiger partial charge in [-0.05, 0) is 18.9 Å². The van der Waals surface area contributed by atoms with Crippen LogP contribution in [-0.4, -0.2) is 29.1 Å². The first-order valence-electron chi connectivity index (χ1n) is 5.98. The molecule has 1 saturated carbocycles. The maximum atomic E-state index is 11.8. The standard InChI is InChI=1S/C12H19N3O2/c13-9-5-10(14-6-9)11(17)15-7-12(8-16)3-1-2-4-12/h5-6,14,16H,1-4,7-8,13H2,(H,15,17). The fourth-order valence-corrected chi connectivity index (χ4v) is 2.42. The first kappa shape index (κ1) is 12.0. The molecule has 1 aliphatic carbocycles. The van der Waals surface area contributed by atoms with Crippen molar-refractivity contribution in [2.75, 3.05) is 18.9 Å².